The van der Waals surface area contributed by atoms with Crippen LogP contribution in [0.25, 0.3) is 0 Å². The van der Waals surface area contributed by atoms with Gasteiger partial charge in [0.1, 0.15) is 0 Å². The van der Waals surface area contributed by atoms with Gasteiger partial charge in [-0.15, -0.1) is 0 Å². The molecular weight excluding hydrogens is 450 g/mol. The number of aromatic nitrogens is 1. The molecule has 0 aliphatic carbocycles. The minimum atomic E-state index is 0.321. The first-order chi connectivity index (χ1) is 17.7. The number of piperidine rings is 1. The molecule has 1 aromatic carbocycles. The molecule has 0 spiro atoms. The normalized spacial score (nSPS) is 24.1. The van der Waals surface area contributed by atoms with E-state index in [4.69, 9.17) is 4.74 Å². The SMILES string of the molecule is Cc1ccccc1N1CCN(C(=O)CC[C@@H]2CN(Cc3ccccn3)CC[C@@H]2N2CCOCC2)CC1. The molecule has 3 saturated heterocycles. The van der Waals surface area contributed by atoms with Crippen molar-refractivity contribution in [1.82, 2.24) is 19.7 Å². The number of nitrogens with zero attached hydrogens (tertiary/aromatic N) is 5. The molecule has 3 fully saturated rings. The Morgan fingerprint density at radius 3 is 2.50 bits per heavy atom. The molecule has 0 saturated carbocycles. The van der Waals surface area contributed by atoms with Gasteiger partial charge in [0.05, 0.1) is 18.9 Å². The molecule has 7 heteroatoms. The van der Waals surface area contributed by atoms with Crippen molar-refractivity contribution in [3.63, 3.8) is 0 Å². The smallest absolute Gasteiger partial charge is 0.222 e. The molecule has 5 rings (SSSR count). The number of benzene rings is 1. The Morgan fingerprint density at radius 2 is 1.75 bits per heavy atom. The fraction of sp³-hybridized carbons (Fsp3) is 0.586. The minimum Gasteiger partial charge on any atom is -0.379 e. The quantitative estimate of drug-likeness (QED) is 0.594. The van der Waals surface area contributed by atoms with E-state index in [1.165, 1.54) is 11.3 Å². The van der Waals surface area contributed by atoms with E-state index < -0.39 is 0 Å². The monoisotopic (exact) mass is 491 g/mol. The van der Waals surface area contributed by atoms with Crippen LogP contribution in [-0.2, 0) is 16.1 Å². The number of para-hydroxylation sites is 1. The van der Waals surface area contributed by atoms with E-state index in [-0.39, 0.29) is 0 Å². The van der Waals surface area contributed by atoms with Crippen LogP contribution < -0.4 is 4.90 Å². The molecule has 0 unspecified atom stereocenters. The highest BCUT2D eigenvalue weighted by Crippen LogP contribution is 2.28. The number of piperazine rings is 1. The molecule has 36 heavy (non-hydrogen) atoms. The van der Waals surface area contributed by atoms with Gasteiger partial charge in [0.2, 0.25) is 5.91 Å². The maximum atomic E-state index is 13.3. The summed E-state index contributed by atoms with van der Waals surface area (Å²) in [5.74, 6) is 0.819. The molecule has 1 amide bonds. The van der Waals surface area contributed by atoms with Crippen LogP contribution in [0, 0.1) is 12.8 Å². The Morgan fingerprint density at radius 1 is 0.972 bits per heavy atom. The Labute approximate surface area is 216 Å². The third kappa shape index (κ3) is 6.25. The predicted molar refractivity (Wildman–Crippen MR) is 143 cm³/mol. The largest absolute Gasteiger partial charge is 0.379 e. The summed E-state index contributed by atoms with van der Waals surface area (Å²) in [4.78, 5) is 27.5. The lowest BCUT2D eigenvalue weighted by Gasteiger charge is -2.45. The summed E-state index contributed by atoms with van der Waals surface area (Å²) in [5.41, 5.74) is 3.73. The van der Waals surface area contributed by atoms with Crippen LogP contribution in [0.3, 0.4) is 0 Å². The lowest BCUT2D eigenvalue weighted by atomic mass is 9.86. The second-order valence-electron chi connectivity index (χ2n) is 10.5. The van der Waals surface area contributed by atoms with Crippen molar-refractivity contribution in [2.75, 3.05) is 70.5 Å². The Balaban J connectivity index is 1.16. The standard InChI is InChI=1S/C29H41N5O2/c1-24-6-2-3-8-27(24)32-14-16-34(17-15-32)29(35)10-9-25-22-31(23-26-7-4-5-12-30-26)13-11-28(25)33-18-20-36-21-19-33/h2-8,12,25,28H,9-11,13-23H2,1H3/t25-,28+/m1/s1. The number of hydrogen-bond donors (Lipinski definition) is 0. The van der Waals surface area contributed by atoms with Gasteiger partial charge < -0.3 is 14.5 Å². The summed E-state index contributed by atoms with van der Waals surface area (Å²) in [6.45, 7) is 12.3. The number of carbonyl (C=O) groups excluding carboxylic acids is 1. The summed E-state index contributed by atoms with van der Waals surface area (Å²) in [5, 5.41) is 0. The maximum absolute atomic E-state index is 13.3. The third-order valence-electron chi connectivity index (χ3n) is 8.22. The molecular formula is C29H41N5O2. The zero-order chi connectivity index (χ0) is 24.7. The fourth-order valence-electron chi connectivity index (χ4n) is 6.21. The van der Waals surface area contributed by atoms with Crippen molar-refractivity contribution in [3.05, 3.63) is 59.9 Å². The van der Waals surface area contributed by atoms with Crippen LogP contribution >= 0.6 is 0 Å². The Bertz CT molecular complexity index is 973. The second kappa shape index (κ2) is 12.2. The Hall–Kier alpha value is -2.48. The van der Waals surface area contributed by atoms with E-state index >= 15 is 0 Å². The summed E-state index contributed by atoms with van der Waals surface area (Å²) in [6, 6.07) is 15.2. The number of likely N-dealkylation sites (tertiary alicyclic amines) is 1. The molecule has 3 aliphatic heterocycles. The number of hydrogen-bond acceptors (Lipinski definition) is 6. The molecule has 2 aromatic rings. The van der Waals surface area contributed by atoms with Crippen LogP contribution in [0.4, 0.5) is 5.69 Å². The highest BCUT2D eigenvalue weighted by molar-refractivity contribution is 5.76. The van der Waals surface area contributed by atoms with Crippen LogP contribution in [0.1, 0.15) is 30.5 Å². The van der Waals surface area contributed by atoms with Gasteiger partial charge in [0.15, 0.2) is 0 Å². The minimum absolute atomic E-state index is 0.321. The van der Waals surface area contributed by atoms with Gasteiger partial charge in [-0.05, 0) is 49.4 Å². The number of carbonyl (C=O) groups is 1. The van der Waals surface area contributed by atoms with Gasteiger partial charge in [-0.25, -0.2) is 0 Å². The molecule has 3 aliphatic rings. The van der Waals surface area contributed by atoms with Crippen molar-refractivity contribution in [2.24, 2.45) is 5.92 Å². The van der Waals surface area contributed by atoms with E-state index in [2.05, 4.69) is 67.9 Å². The van der Waals surface area contributed by atoms with Crippen molar-refractivity contribution in [2.45, 2.75) is 38.8 Å². The number of pyridine rings is 1. The van der Waals surface area contributed by atoms with Crippen molar-refractivity contribution in [1.29, 1.82) is 0 Å². The zero-order valence-electron chi connectivity index (χ0n) is 21.7. The van der Waals surface area contributed by atoms with Gasteiger partial charge >= 0.3 is 0 Å². The van der Waals surface area contributed by atoms with Gasteiger partial charge in [-0.1, -0.05) is 24.3 Å². The number of morpholine rings is 1. The molecule has 2 atom stereocenters. The number of amides is 1. The molecule has 4 heterocycles. The van der Waals surface area contributed by atoms with Gasteiger partial charge in [0.25, 0.3) is 0 Å². The van der Waals surface area contributed by atoms with Crippen molar-refractivity contribution < 1.29 is 9.53 Å². The molecule has 0 N–H and O–H groups in total. The lowest BCUT2D eigenvalue weighted by Crippen LogP contribution is -2.54. The zero-order valence-corrected chi connectivity index (χ0v) is 21.7. The molecule has 1 aromatic heterocycles. The number of aryl methyl sites for hydroxylation is 1. The molecule has 7 nitrogen and oxygen atoms in total. The first-order valence-electron chi connectivity index (χ1n) is 13.7. The van der Waals surface area contributed by atoms with Crippen LogP contribution in [0.5, 0.6) is 0 Å². The van der Waals surface area contributed by atoms with Gasteiger partial charge in [0, 0.05) is 83.2 Å². The topological polar surface area (TPSA) is 52.2 Å². The predicted octanol–water partition coefficient (Wildman–Crippen LogP) is 3.04. The number of rotatable bonds is 7. The lowest BCUT2D eigenvalue weighted by molar-refractivity contribution is -0.132. The summed E-state index contributed by atoms with van der Waals surface area (Å²) < 4.78 is 5.63. The van der Waals surface area contributed by atoms with E-state index in [1.54, 1.807) is 0 Å². The van der Waals surface area contributed by atoms with Crippen LogP contribution in [-0.4, -0.2) is 97.2 Å². The second-order valence-corrected chi connectivity index (χ2v) is 10.5. The summed E-state index contributed by atoms with van der Waals surface area (Å²) in [6.07, 6.45) is 4.64. The molecule has 0 bridgehead atoms. The van der Waals surface area contributed by atoms with Crippen LogP contribution in [0.2, 0.25) is 0 Å². The summed E-state index contributed by atoms with van der Waals surface area (Å²) >= 11 is 0. The number of ether oxygens (including phenoxy) is 1. The van der Waals surface area contributed by atoms with E-state index in [0.29, 0.717) is 24.3 Å². The average molecular weight is 492 g/mol. The average Bonchev–Trinajstić information content (AvgIpc) is 2.93. The van der Waals surface area contributed by atoms with Gasteiger partial charge in [-0.3, -0.25) is 19.6 Å². The van der Waals surface area contributed by atoms with Crippen molar-refractivity contribution >= 4 is 11.6 Å². The maximum Gasteiger partial charge on any atom is 0.222 e. The van der Waals surface area contributed by atoms with Crippen LogP contribution in [0.15, 0.2) is 48.7 Å². The third-order valence-corrected chi connectivity index (χ3v) is 8.22. The van der Waals surface area contributed by atoms with Crippen molar-refractivity contribution in [3.8, 4) is 0 Å². The highest BCUT2D eigenvalue weighted by atomic mass is 16.5. The first-order valence-corrected chi connectivity index (χ1v) is 13.7. The van der Waals surface area contributed by atoms with E-state index in [9.17, 15) is 4.79 Å². The van der Waals surface area contributed by atoms with E-state index in [0.717, 1.165) is 90.7 Å². The fourth-order valence-corrected chi connectivity index (χ4v) is 6.21. The van der Waals surface area contributed by atoms with Gasteiger partial charge in [-0.2, -0.15) is 0 Å². The molecule has 194 valence electrons. The highest BCUT2D eigenvalue weighted by Gasteiger charge is 2.34. The Kier molecular flexibility index (Phi) is 8.51. The first kappa shape index (κ1) is 25.2. The number of anilines is 1. The summed E-state index contributed by atoms with van der Waals surface area (Å²) in [7, 11) is 0. The molecule has 0 radical (unpaired) electrons. The van der Waals surface area contributed by atoms with E-state index in [1.807, 2.05) is 12.3 Å².